The Morgan fingerprint density at radius 1 is 1.64 bits per heavy atom. The van der Waals surface area contributed by atoms with E-state index in [1.807, 2.05) is 0 Å². The molecule has 66 valence electrons. The van der Waals surface area contributed by atoms with Crippen molar-refractivity contribution in [3.05, 3.63) is 12.2 Å². The fraction of sp³-hybridized carbons (Fsp3) is 0.750. The Morgan fingerprint density at radius 2 is 2.09 bits per heavy atom. The maximum atomic E-state index is 12.7. The van der Waals surface area contributed by atoms with E-state index in [0.717, 1.165) is 0 Å². The van der Waals surface area contributed by atoms with Crippen LogP contribution in [0.15, 0.2) is 12.2 Å². The summed E-state index contributed by atoms with van der Waals surface area (Å²) in [5, 5.41) is 0. The SMILES string of the molecule is C=C(C)C(F)(F)OC(C)CC. The first-order valence-corrected chi connectivity index (χ1v) is 3.61. The molecule has 1 atom stereocenters. The molecule has 0 rings (SSSR count). The fourth-order valence-electron chi connectivity index (χ4n) is 0.437. The van der Waals surface area contributed by atoms with Crippen molar-refractivity contribution in [3.63, 3.8) is 0 Å². The second kappa shape index (κ2) is 3.81. The van der Waals surface area contributed by atoms with Gasteiger partial charge < -0.3 is 4.74 Å². The van der Waals surface area contributed by atoms with Crippen molar-refractivity contribution in [1.29, 1.82) is 0 Å². The average Bonchev–Trinajstić information content (AvgIpc) is 1.86. The van der Waals surface area contributed by atoms with Gasteiger partial charge in [-0.15, -0.1) is 0 Å². The molecule has 3 heteroatoms. The van der Waals surface area contributed by atoms with Crippen LogP contribution in [0.2, 0.25) is 0 Å². The number of rotatable bonds is 4. The summed E-state index contributed by atoms with van der Waals surface area (Å²) in [5.41, 5.74) is -0.252. The number of ether oxygens (including phenoxy) is 1. The molecule has 0 heterocycles. The van der Waals surface area contributed by atoms with Crippen molar-refractivity contribution in [2.75, 3.05) is 0 Å². The zero-order valence-corrected chi connectivity index (χ0v) is 7.16. The van der Waals surface area contributed by atoms with E-state index in [4.69, 9.17) is 0 Å². The lowest BCUT2D eigenvalue weighted by Gasteiger charge is -2.20. The van der Waals surface area contributed by atoms with Gasteiger partial charge in [0, 0.05) is 5.57 Å². The van der Waals surface area contributed by atoms with Crippen LogP contribution in [0.3, 0.4) is 0 Å². The second-order valence-electron chi connectivity index (χ2n) is 2.63. The van der Waals surface area contributed by atoms with Gasteiger partial charge in [0.25, 0.3) is 0 Å². The van der Waals surface area contributed by atoms with Crippen molar-refractivity contribution in [2.45, 2.75) is 39.4 Å². The summed E-state index contributed by atoms with van der Waals surface area (Å²) < 4.78 is 29.7. The highest BCUT2D eigenvalue weighted by Crippen LogP contribution is 2.25. The van der Waals surface area contributed by atoms with Gasteiger partial charge in [-0.3, -0.25) is 0 Å². The van der Waals surface area contributed by atoms with Crippen LogP contribution in [0.5, 0.6) is 0 Å². The van der Waals surface area contributed by atoms with E-state index in [9.17, 15) is 8.78 Å². The molecular weight excluding hydrogens is 150 g/mol. The van der Waals surface area contributed by atoms with Gasteiger partial charge in [0.1, 0.15) is 0 Å². The molecule has 0 aliphatic heterocycles. The predicted molar refractivity (Wildman–Crippen MR) is 40.6 cm³/mol. The molecule has 0 saturated heterocycles. The van der Waals surface area contributed by atoms with Crippen LogP contribution < -0.4 is 0 Å². The van der Waals surface area contributed by atoms with Gasteiger partial charge in [0.05, 0.1) is 6.10 Å². The number of halogens is 2. The van der Waals surface area contributed by atoms with E-state index in [1.54, 1.807) is 13.8 Å². The van der Waals surface area contributed by atoms with Gasteiger partial charge in [-0.25, -0.2) is 0 Å². The quantitative estimate of drug-likeness (QED) is 0.580. The molecule has 0 bridgehead atoms. The highest BCUT2D eigenvalue weighted by atomic mass is 19.3. The molecule has 0 N–H and O–H groups in total. The summed E-state index contributed by atoms with van der Waals surface area (Å²) in [6.45, 7) is 7.79. The standard InChI is InChI=1S/C8H14F2O/c1-5-7(4)11-8(9,10)6(2)3/h7H,2,5H2,1,3-4H3. The van der Waals surface area contributed by atoms with Gasteiger partial charge in [-0.1, -0.05) is 13.5 Å². The van der Waals surface area contributed by atoms with Gasteiger partial charge in [0.2, 0.25) is 0 Å². The highest BCUT2D eigenvalue weighted by molar-refractivity contribution is 4.98. The zero-order valence-electron chi connectivity index (χ0n) is 7.16. The van der Waals surface area contributed by atoms with E-state index in [1.165, 1.54) is 6.92 Å². The van der Waals surface area contributed by atoms with E-state index in [2.05, 4.69) is 11.3 Å². The van der Waals surface area contributed by atoms with Crippen molar-refractivity contribution in [3.8, 4) is 0 Å². The minimum atomic E-state index is -3.17. The average molecular weight is 164 g/mol. The molecule has 0 fully saturated rings. The number of hydrogen-bond acceptors (Lipinski definition) is 1. The van der Waals surface area contributed by atoms with Gasteiger partial charge >= 0.3 is 6.11 Å². The van der Waals surface area contributed by atoms with Crippen LogP contribution in [0, 0.1) is 0 Å². The molecular formula is C8H14F2O. The van der Waals surface area contributed by atoms with Crippen molar-refractivity contribution < 1.29 is 13.5 Å². The maximum Gasteiger partial charge on any atom is 0.379 e. The third-order valence-electron chi connectivity index (χ3n) is 1.42. The summed E-state index contributed by atoms with van der Waals surface area (Å²) in [6, 6.07) is 0. The van der Waals surface area contributed by atoms with Crippen LogP contribution in [0.1, 0.15) is 27.2 Å². The minimum Gasteiger partial charge on any atom is -0.314 e. The summed E-state index contributed by atoms with van der Waals surface area (Å²) >= 11 is 0. The lowest BCUT2D eigenvalue weighted by molar-refractivity contribution is -0.231. The van der Waals surface area contributed by atoms with Crippen LogP contribution >= 0.6 is 0 Å². The first-order valence-electron chi connectivity index (χ1n) is 3.61. The molecule has 0 radical (unpaired) electrons. The second-order valence-corrected chi connectivity index (χ2v) is 2.63. The molecule has 0 amide bonds. The van der Waals surface area contributed by atoms with E-state index in [-0.39, 0.29) is 5.57 Å². The molecule has 0 spiro atoms. The van der Waals surface area contributed by atoms with Gasteiger partial charge in [0.15, 0.2) is 0 Å². The summed E-state index contributed by atoms with van der Waals surface area (Å²) in [7, 11) is 0. The Balaban J connectivity index is 4.01. The highest BCUT2D eigenvalue weighted by Gasteiger charge is 2.32. The van der Waals surface area contributed by atoms with Crippen LogP contribution in [0.4, 0.5) is 8.78 Å². The minimum absolute atomic E-state index is 0.252. The van der Waals surface area contributed by atoms with Gasteiger partial charge in [-0.05, 0) is 20.3 Å². The summed E-state index contributed by atoms with van der Waals surface area (Å²) in [4.78, 5) is 0. The zero-order chi connectivity index (χ0) is 9.07. The molecule has 0 aromatic rings. The maximum absolute atomic E-state index is 12.7. The largest absolute Gasteiger partial charge is 0.379 e. The molecule has 11 heavy (non-hydrogen) atoms. The summed E-state index contributed by atoms with van der Waals surface area (Å²) in [6.07, 6.45) is -3.03. The van der Waals surface area contributed by atoms with E-state index in [0.29, 0.717) is 6.42 Å². The fourth-order valence-corrected chi connectivity index (χ4v) is 0.437. The molecule has 1 nitrogen and oxygen atoms in total. The molecule has 0 aliphatic rings. The third kappa shape index (κ3) is 3.46. The van der Waals surface area contributed by atoms with Crippen molar-refractivity contribution in [1.82, 2.24) is 0 Å². The number of hydrogen-bond donors (Lipinski definition) is 0. The smallest absolute Gasteiger partial charge is 0.314 e. The van der Waals surface area contributed by atoms with Crippen LogP contribution in [-0.4, -0.2) is 12.2 Å². The molecule has 0 aromatic heterocycles. The van der Waals surface area contributed by atoms with Crippen LogP contribution in [-0.2, 0) is 4.74 Å². The Bertz CT molecular complexity index is 143. The van der Waals surface area contributed by atoms with Gasteiger partial charge in [-0.2, -0.15) is 8.78 Å². The van der Waals surface area contributed by atoms with E-state index < -0.39 is 12.2 Å². The number of alkyl halides is 2. The first-order chi connectivity index (χ1) is 4.90. The van der Waals surface area contributed by atoms with Crippen molar-refractivity contribution >= 4 is 0 Å². The lowest BCUT2D eigenvalue weighted by atomic mass is 10.3. The Labute approximate surface area is 66.0 Å². The summed E-state index contributed by atoms with van der Waals surface area (Å²) in [5.74, 6) is 0. The Kier molecular flexibility index (Phi) is 3.66. The molecule has 0 aromatic carbocycles. The van der Waals surface area contributed by atoms with Crippen molar-refractivity contribution in [2.24, 2.45) is 0 Å². The predicted octanol–water partition coefficient (Wildman–Crippen LogP) is 2.97. The Hall–Kier alpha value is -0.440. The third-order valence-corrected chi connectivity index (χ3v) is 1.42. The monoisotopic (exact) mass is 164 g/mol. The normalized spacial score (nSPS) is 14.6. The van der Waals surface area contributed by atoms with E-state index >= 15 is 0 Å². The first kappa shape index (κ1) is 10.6. The Morgan fingerprint density at radius 3 is 2.36 bits per heavy atom. The van der Waals surface area contributed by atoms with Crippen LogP contribution in [0.25, 0.3) is 0 Å². The topological polar surface area (TPSA) is 9.23 Å². The molecule has 1 unspecified atom stereocenters. The molecule has 0 aliphatic carbocycles. The lowest BCUT2D eigenvalue weighted by Crippen LogP contribution is -2.26. The molecule has 0 saturated carbocycles.